The Bertz CT molecular complexity index is 601. The van der Waals surface area contributed by atoms with Gasteiger partial charge in [0, 0.05) is 11.4 Å². The molecular formula is C19H24N2. The molecule has 0 fully saturated rings. The predicted octanol–water partition coefficient (Wildman–Crippen LogP) is 4.71. The van der Waals surface area contributed by atoms with Gasteiger partial charge in [0.15, 0.2) is 0 Å². The molecule has 21 heavy (non-hydrogen) atoms. The number of nitrogens with two attached hydrogens (primary N) is 1. The van der Waals surface area contributed by atoms with Crippen LogP contribution < -0.4 is 11.1 Å². The van der Waals surface area contributed by atoms with Crippen molar-refractivity contribution < 1.29 is 0 Å². The van der Waals surface area contributed by atoms with Gasteiger partial charge in [-0.3, -0.25) is 0 Å². The number of unbranched alkanes of at least 4 members (excludes halogenated alkanes) is 1. The minimum absolute atomic E-state index is 0.419. The molecule has 3 rings (SSSR count). The fraction of sp³-hybridized carbons (Fsp3) is 0.368. The lowest BCUT2D eigenvalue weighted by Crippen LogP contribution is -2.07. The van der Waals surface area contributed by atoms with E-state index in [0.717, 1.165) is 18.5 Å². The van der Waals surface area contributed by atoms with Crippen LogP contribution >= 0.6 is 0 Å². The van der Waals surface area contributed by atoms with Gasteiger partial charge in [-0.05, 0) is 66.6 Å². The van der Waals surface area contributed by atoms with Crippen molar-refractivity contribution in [3.63, 3.8) is 0 Å². The Labute approximate surface area is 127 Å². The van der Waals surface area contributed by atoms with Crippen LogP contribution in [-0.4, -0.2) is 0 Å². The zero-order valence-corrected chi connectivity index (χ0v) is 12.7. The highest BCUT2D eigenvalue weighted by atomic mass is 14.9. The number of nitrogen functional groups attached to an aromatic ring is 1. The molecule has 0 saturated carbocycles. The lowest BCUT2D eigenvalue weighted by Gasteiger charge is -2.16. The molecule has 1 atom stereocenters. The molecular weight excluding hydrogens is 256 g/mol. The van der Waals surface area contributed by atoms with Gasteiger partial charge < -0.3 is 11.1 Å². The third kappa shape index (κ3) is 3.21. The summed E-state index contributed by atoms with van der Waals surface area (Å²) in [7, 11) is 0. The summed E-state index contributed by atoms with van der Waals surface area (Å²) in [6.07, 6.45) is 5.97. The topological polar surface area (TPSA) is 38.0 Å². The smallest absolute Gasteiger partial charge is 0.0519 e. The third-order valence-corrected chi connectivity index (χ3v) is 4.36. The highest BCUT2D eigenvalue weighted by Crippen LogP contribution is 2.34. The molecule has 1 aliphatic rings. The van der Waals surface area contributed by atoms with Gasteiger partial charge >= 0.3 is 0 Å². The van der Waals surface area contributed by atoms with Gasteiger partial charge in [-0.1, -0.05) is 31.5 Å². The van der Waals surface area contributed by atoms with E-state index in [1.807, 2.05) is 6.07 Å². The summed E-state index contributed by atoms with van der Waals surface area (Å²) < 4.78 is 0. The van der Waals surface area contributed by atoms with Crippen LogP contribution in [0.3, 0.4) is 0 Å². The van der Waals surface area contributed by atoms with Gasteiger partial charge in [-0.2, -0.15) is 0 Å². The summed E-state index contributed by atoms with van der Waals surface area (Å²) in [5.74, 6) is 0. The van der Waals surface area contributed by atoms with E-state index >= 15 is 0 Å². The predicted molar refractivity (Wildman–Crippen MR) is 90.6 cm³/mol. The summed E-state index contributed by atoms with van der Waals surface area (Å²) in [5.41, 5.74) is 12.2. The molecule has 2 nitrogen and oxygen atoms in total. The summed E-state index contributed by atoms with van der Waals surface area (Å²) in [5, 5.41) is 3.66. The summed E-state index contributed by atoms with van der Waals surface area (Å²) in [6, 6.07) is 15.6. The van der Waals surface area contributed by atoms with E-state index in [9.17, 15) is 0 Å². The van der Waals surface area contributed by atoms with Gasteiger partial charge in [-0.15, -0.1) is 0 Å². The second kappa shape index (κ2) is 6.21. The Morgan fingerprint density at radius 2 is 1.95 bits per heavy atom. The van der Waals surface area contributed by atoms with Crippen molar-refractivity contribution in [3.05, 3.63) is 59.2 Å². The molecule has 2 heteroatoms. The third-order valence-electron chi connectivity index (χ3n) is 4.36. The monoisotopic (exact) mass is 280 g/mol. The van der Waals surface area contributed by atoms with Crippen LogP contribution in [0, 0.1) is 0 Å². The molecule has 0 aliphatic heterocycles. The van der Waals surface area contributed by atoms with Crippen molar-refractivity contribution in [2.45, 2.75) is 45.1 Å². The fourth-order valence-corrected chi connectivity index (χ4v) is 3.14. The van der Waals surface area contributed by atoms with Crippen molar-refractivity contribution in [3.8, 4) is 0 Å². The van der Waals surface area contributed by atoms with E-state index in [1.165, 1.54) is 41.6 Å². The zero-order chi connectivity index (χ0) is 14.7. The molecule has 110 valence electrons. The van der Waals surface area contributed by atoms with Crippen LogP contribution in [0.2, 0.25) is 0 Å². The number of nitrogens with one attached hydrogen (secondary N) is 1. The van der Waals surface area contributed by atoms with E-state index in [-0.39, 0.29) is 0 Å². The van der Waals surface area contributed by atoms with E-state index in [4.69, 9.17) is 5.73 Å². The van der Waals surface area contributed by atoms with Crippen LogP contribution in [0.25, 0.3) is 0 Å². The molecule has 0 heterocycles. The van der Waals surface area contributed by atoms with Crippen LogP contribution in [-0.2, 0) is 12.8 Å². The van der Waals surface area contributed by atoms with Crippen LogP contribution in [0.5, 0.6) is 0 Å². The lowest BCUT2D eigenvalue weighted by atomic mass is 10.1. The average Bonchev–Trinajstić information content (AvgIpc) is 2.88. The maximum Gasteiger partial charge on any atom is 0.0519 e. The maximum absolute atomic E-state index is 5.86. The number of aryl methyl sites for hydroxylation is 2. The van der Waals surface area contributed by atoms with E-state index in [0.29, 0.717) is 6.04 Å². The molecule has 1 unspecified atom stereocenters. The Hall–Kier alpha value is -1.96. The molecule has 0 saturated heterocycles. The van der Waals surface area contributed by atoms with E-state index in [1.54, 1.807) is 0 Å². The quantitative estimate of drug-likeness (QED) is 0.778. The van der Waals surface area contributed by atoms with Crippen molar-refractivity contribution in [1.29, 1.82) is 0 Å². The van der Waals surface area contributed by atoms with E-state index < -0.39 is 0 Å². The Balaban J connectivity index is 1.68. The number of fused-ring (bicyclic) bond motifs is 1. The lowest BCUT2D eigenvalue weighted by molar-refractivity contribution is 0.761. The number of hydrogen-bond acceptors (Lipinski definition) is 2. The summed E-state index contributed by atoms with van der Waals surface area (Å²) in [4.78, 5) is 0. The highest BCUT2D eigenvalue weighted by Gasteiger charge is 2.22. The largest absolute Gasteiger partial charge is 0.399 e. The number of hydrogen-bond donors (Lipinski definition) is 2. The highest BCUT2D eigenvalue weighted by molar-refractivity contribution is 5.52. The average molecular weight is 280 g/mol. The molecule has 2 aromatic carbocycles. The minimum Gasteiger partial charge on any atom is -0.399 e. The van der Waals surface area contributed by atoms with Crippen LogP contribution in [0.1, 0.15) is 48.9 Å². The van der Waals surface area contributed by atoms with Crippen LogP contribution in [0.4, 0.5) is 11.4 Å². The standard InChI is InChI=1S/C19H24N2/c1-2-3-4-14-5-9-17(10-6-14)21-19-12-7-15-13-16(20)8-11-18(15)19/h5-6,8-11,13,19,21H,2-4,7,12,20H2,1H3. The zero-order valence-electron chi connectivity index (χ0n) is 12.7. The maximum atomic E-state index is 5.86. The number of rotatable bonds is 5. The van der Waals surface area contributed by atoms with Crippen molar-refractivity contribution in [2.75, 3.05) is 11.1 Å². The van der Waals surface area contributed by atoms with Crippen molar-refractivity contribution in [2.24, 2.45) is 0 Å². The first-order chi connectivity index (χ1) is 10.3. The molecule has 3 N–H and O–H groups in total. The number of benzene rings is 2. The van der Waals surface area contributed by atoms with Gasteiger partial charge in [-0.25, -0.2) is 0 Å². The molecule has 0 amide bonds. The molecule has 1 aliphatic carbocycles. The van der Waals surface area contributed by atoms with E-state index in [2.05, 4.69) is 48.6 Å². The van der Waals surface area contributed by atoms with Crippen molar-refractivity contribution in [1.82, 2.24) is 0 Å². The Kier molecular flexibility index (Phi) is 4.14. The Morgan fingerprint density at radius 1 is 1.14 bits per heavy atom. The van der Waals surface area contributed by atoms with Crippen LogP contribution in [0.15, 0.2) is 42.5 Å². The Morgan fingerprint density at radius 3 is 2.71 bits per heavy atom. The fourth-order valence-electron chi connectivity index (χ4n) is 3.14. The minimum atomic E-state index is 0.419. The normalized spacial score (nSPS) is 16.7. The molecule has 0 spiro atoms. The second-order valence-electron chi connectivity index (χ2n) is 5.99. The molecule has 2 aromatic rings. The van der Waals surface area contributed by atoms with Gasteiger partial charge in [0.25, 0.3) is 0 Å². The van der Waals surface area contributed by atoms with Crippen molar-refractivity contribution >= 4 is 11.4 Å². The van der Waals surface area contributed by atoms with Gasteiger partial charge in [0.1, 0.15) is 0 Å². The molecule has 0 aromatic heterocycles. The number of anilines is 2. The SMILES string of the molecule is CCCCc1ccc(NC2CCc3cc(N)ccc32)cc1. The first-order valence-corrected chi connectivity index (χ1v) is 8.00. The first kappa shape index (κ1) is 14.0. The summed E-state index contributed by atoms with van der Waals surface area (Å²) >= 11 is 0. The molecule has 0 bridgehead atoms. The molecule has 0 radical (unpaired) electrons. The van der Waals surface area contributed by atoms with Gasteiger partial charge in [0.05, 0.1) is 6.04 Å². The summed E-state index contributed by atoms with van der Waals surface area (Å²) in [6.45, 7) is 2.24. The second-order valence-corrected chi connectivity index (χ2v) is 5.99. The van der Waals surface area contributed by atoms with Gasteiger partial charge in [0.2, 0.25) is 0 Å². The first-order valence-electron chi connectivity index (χ1n) is 8.00.